The molecule has 0 bridgehead atoms. The van der Waals surface area contributed by atoms with E-state index < -0.39 is 6.10 Å². The second-order valence-electron chi connectivity index (χ2n) is 5.05. The first-order valence-corrected chi connectivity index (χ1v) is 8.01. The van der Waals surface area contributed by atoms with Crippen molar-refractivity contribution in [3.05, 3.63) is 82.0 Å². The number of benzene rings is 2. The van der Waals surface area contributed by atoms with E-state index in [9.17, 15) is 5.11 Å². The maximum Gasteiger partial charge on any atom is 0.113 e. The quantitative estimate of drug-likeness (QED) is 0.713. The Morgan fingerprint density at radius 3 is 2.14 bits per heavy atom. The lowest BCUT2D eigenvalue weighted by atomic mass is 10.0. The standard InChI is InChI=1S/C19H18OS/c1-2-17-12-13-18(21-17)19(20)16-10-8-15(9-11-16)14-6-4-3-5-7-14/h3-13,19-20H,2H2,1H3. The summed E-state index contributed by atoms with van der Waals surface area (Å²) in [5, 5.41) is 10.5. The minimum absolute atomic E-state index is 0.528. The Kier molecular flexibility index (Phi) is 4.18. The number of rotatable bonds is 4. The molecule has 3 aromatic rings. The highest BCUT2D eigenvalue weighted by Crippen LogP contribution is 2.30. The fraction of sp³-hybridized carbons (Fsp3) is 0.158. The van der Waals surface area contributed by atoms with E-state index in [1.54, 1.807) is 11.3 Å². The number of hydrogen-bond acceptors (Lipinski definition) is 2. The van der Waals surface area contributed by atoms with Gasteiger partial charge in [0.2, 0.25) is 0 Å². The van der Waals surface area contributed by atoms with E-state index in [4.69, 9.17) is 0 Å². The van der Waals surface area contributed by atoms with Crippen LogP contribution in [0.15, 0.2) is 66.7 Å². The van der Waals surface area contributed by atoms with Gasteiger partial charge in [-0.1, -0.05) is 61.5 Å². The van der Waals surface area contributed by atoms with Gasteiger partial charge in [0.15, 0.2) is 0 Å². The largest absolute Gasteiger partial charge is 0.383 e. The van der Waals surface area contributed by atoms with Crippen LogP contribution in [0.4, 0.5) is 0 Å². The molecule has 1 aromatic heterocycles. The molecule has 2 heteroatoms. The normalized spacial score (nSPS) is 12.3. The van der Waals surface area contributed by atoms with Crippen molar-refractivity contribution in [3.8, 4) is 11.1 Å². The van der Waals surface area contributed by atoms with Gasteiger partial charge in [-0.2, -0.15) is 0 Å². The van der Waals surface area contributed by atoms with Gasteiger partial charge in [0, 0.05) is 9.75 Å². The van der Waals surface area contributed by atoms with Crippen molar-refractivity contribution in [2.75, 3.05) is 0 Å². The van der Waals surface area contributed by atoms with Gasteiger partial charge in [-0.3, -0.25) is 0 Å². The molecular weight excluding hydrogens is 276 g/mol. The summed E-state index contributed by atoms with van der Waals surface area (Å²) in [4.78, 5) is 2.32. The summed E-state index contributed by atoms with van der Waals surface area (Å²) in [6.07, 6.45) is 0.491. The van der Waals surface area contributed by atoms with Crippen LogP contribution in [0.1, 0.15) is 28.3 Å². The van der Waals surface area contributed by atoms with E-state index in [0.717, 1.165) is 16.9 Å². The van der Waals surface area contributed by atoms with E-state index in [0.29, 0.717) is 0 Å². The van der Waals surface area contributed by atoms with Crippen molar-refractivity contribution < 1.29 is 5.11 Å². The van der Waals surface area contributed by atoms with E-state index in [1.165, 1.54) is 16.0 Å². The number of thiophene rings is 1. The molecule has 2 aromatic carbocycles. The molecule has 0 saturated carbocycles. The predicted molar refractivity (Wildman–Crippen MR) is 89.6 cm³/mol. The van der Waals surface area contributed by atoms with Crippen LogP contribution >= 0.6 is 11.3 Å². The average Bonchev–Trinajstić information content (AvgIpc) is 3.04. The second kappa shape index (κ2) is 6.25. The third-order valence-electron chi connectivity index (χ3n) is 3.63. The molecule has 1 N–H and O–H groups in total. The topological polar surface area (TPSA) is 20.2 Å². The molecule has 0 spiro atoms. The monoisotopic (exact) mass is 294 g/mol. The maximum absolute atomic E-state index is 10.5. The van der Waals surface area contributed by atoms with Crippen LogP contribution in [-0.2, 0) is 6.42 Å². The molecule has 3 rings (SSSR count). The molecule has 1 heterocycles. The van der Waals surface area contributed by atoms with Crippen molar-refractivity contribution in [2.24, 2.45) is 0 Å². The lowest BCUT2D eigenvalue weighted by Crippen LogP contribution is -1.96. The zero-order chi connectivity index (χ0) is 14.7. The minimum Gasteiger partial charge on any atom is -0.383 e. The Bertz CT molecular complexity index is 698. The van der Waals surface area contributed by atoms with Gasteiger partial charge in [-0.25, -0.2) is 0 Å². The number of aryl methyl sites for hydroxylation is 1. The van der Waals surface area contributed by atoms with Gasteiger partial charge in [0.05, 0.1) is 0 Å². The Morgan fingerprint density at radius 1 is 0.857 bits per heavy atom. The summed E-state index contributed by atoms with van der Waals surface area (Å²) in [5.41, 5.74) is 3.31. The molecule has 1 unspecified atom stereocenters. The summed E-state index contributed by atoms with van der Waals surface area (Å²) in [7, 11) is 0. The summed E-state index contributed by atoms with van der Waals surface area (Å²) < 4.78 is 0. The van der Waals surface area contributed by atoms with Crippen molar-refractivity contribution in [2.45, 2.75) is 19.4 Å². The van der Waals surface area contributed by atoms with Crippen LogP contribution in [0.5, 0.6) is 0 Å². The van der Waals surface area contributed by atoms with Crippen LogP contribution in [0.3, 0.4) is 0 Å². The molecule has 106 valence electrons. The smallest absolute Gasteiger partial charge is 0.113 e. The second-order valence-corrected chi connectivity index (χ2v) is 6.25. The summed E-state index contributed by atoms with van der Waals surface area (Å²) >= 11 is 1.69. The summed E-state index contributed by atoms with van der Waals surface area (Å²) in [5.74, 6) is 0. The van der Waals surface area contributed by atoms with Crippen molar-refractivity contribution in [1.29, 1.82) is 0 Å². The molecule has 0 aliphatic carbocycles. The first-order valence-electron chi connectivity index (χ1n) is 7.20. The fourth-order valence-corrected chi connectivity index (χ4v) is 3.35. The number of aliphatic hydroxyl groups is 1. The highest BCUT2D eigenvalue weighted by atomic mass is 32.1. The van der Waals surface area contributed by atoms with Crippen LogP contribution in [-0.4, -0.2) is 5.11 Å². The molecule has 1 nitrogen and oxygen atoms in total. The van der Waals surface area contributed by atoms with Crippen molar-refractivity contribution in [1.82, 2.24) is 0 Å². The number of hydrogen-bond donors (Lipinski definition) is 1. The first-order chi connectivity index (χ1) is 10.3. The Balaban J connectivity index is 1.83. The van der Waals surface area contributed by atoms with E-state index in [2.05, 4.69) is 37.3 Å². The molecule has 0 radical (unpaired) electrons. The Morgan fingerprint density at radius 2 is 1.52 bits per heavy atom. The lowest BCUT2D eigenvalue weighted by molar-refractivity contribution is 0.224. The fourth-order valence-electron chi connectivity index (χ4n) is 2.38. The van der Waals surface area contributed by atoms with Gasteiger partial charge in [0.25, 0.3) is 0 Å². The van der Waals surface area contributed by atoms with Gasteiger partial charge in [-0.05, 0) is 35.2 Å². The SMILES string of the molecule is CCc1ccc(C(O)c2ccc(-c3ccccc3)cc2)s1. The van der Waals surface area contributed by atoms with Gasteiger partial charge in [-0.15, -0.1) is 11.3 Å². The number of aliphatic hydroxyl groups excluding tert-OH is 1. The molecule has 21 heavy (non-hydrogen) atoms. The zero-order valence-corrected chi connectivity index (χ0v) is 12.8. The molecule has 0 saturated heterocycles. The highest BCUT2D eigenvalue weighted by Gasteiger charge is 2.12. The zero-order valence-electron chi connectivity index (χ0n) is 12.0. The molecule has 0 fully saturated rings. The van der Waals surface area contributed by atoms with Crippen LogP contribution in [0, 0.1) is 0 Å². The molecule has 1 atom stereocenters. The molecule has 0 amide bonds. The predicted octanol–water partition coefficient (Wildman–Crippen LogP) is 5.06. The van der Waals surface area contributed by atoms with Gasteiger partial charge >= 0.3 is 0 Å². The van der Waals surface area contributed by atoms with Crippen LogP contribution in [0.25, 0.3) is 11.1 Å². The highest BCUT2D eigenvalue weighted by molar-refractivity contribution is 7.12. The van der Waals surface area contributed by atoms with Crippen molar-refractivity contribution >= 4 is 11.3 Å². The van der Waals surface area contributed by atoms with E-state index in [-0.39, 0.29) is 0 Å². The third kappa shape index (κ3) is 3.07. The van der Waals surface area contributed by atoms with Crippen molar-refractivity contribution in [3.63, 3.8) is 0 Å². The molecular formula is C19H18OS. The maximum atomic E-state index is 10.5. The van der Waals surface area contributed by atoms with Crippen LogP contribution in [0.2, 0.25) is 0 Å². The summed E-state index contributed by atoms with van der Waals surface area (Å²) in [6.45, 7) is 2.14. The van der Waals surface area contributed by atoms with Crippen LogP contribution < -0.4 is 0 Å². The lowest BCUT2D eigenvalue weighted by Gasteiger charge is -2.10. The molecule has 0 aliphatic heterocycles. The average molecular weight is 294 g/mol. The first kappa shape index (κ1) is 14.1. The van der Waals surface area contributed by atoms with E-state index in [1.807, 2.05) is 36.4 Å². The third-order valence-corrected chi connectivity index (χ3v) is 4.92. The van der Waals surface area contributed by atoms with E-state index >= 15 is 0 Å². The van der Waals surface area contributed by atoms with Gasteiger partial charge in [0.1, 0.15) is 6.10 Å². The summed E-state index contributed by atoms with van der Waals surface area (Å²) in [6, 6.07) is 22.6. The van der Waals surface area contributed by atoms with Gasteiger partial charge < -0.3 is 5.11 Å². The minimum atomic E-state index is -0.528. The Hall–Kier alpha value is -1.90. The Labute approximate surface area is 129 Å². The molecule has 0 aliphatic rings.